The molecule has 1 saturated heterocycles. The Kier molecular flexibility index (Phi) is 7.11. The van der Waals surface area contributed by atoms with Crippen LogP contribution in [0.4, 0.5) is 0 Å². The molecule has 0 saturated carbocycles. The van der Waals surface area contributed by atoms with Crippen LogP contribution in [0.3, 0.4) is 0 Å². The molecule has 5 nitrogen and oxygen atoms in total. The zero-order chi connectivity index (χ0) is 20.9. The molecule has 0 unspecified atom stereocenters. The third kappa shape index (κ3) is 5.89. The summed E-state index contributed by atoms with van der Waals surface area (Å²) in [5, 5.41) is 9.45. The van der Waals surface area contributed by atoms with Crippen molar-refractivity contribution < 1.29 is 13.5 Å². The summed E-state index contributed by atoms with van der Waals surface area (Å²) < 4.78 is 28.0. The van der Waals surface area contributed by atoms with E-state index < -0.39 is 10.0 Å². The second-order valence-electron chi connectivity index (χ2n) is 8.67. The van der Waals surface area contributed by atoms with Gasteiger partial charge >= 0.3 is 0 Å². The molecule has 158 valence electrons. The first-order valence-electron chi connectivity index (χ1n) is 10.3. The van der Waals surface area contributed by atoms with Gasteiger partial charge in [0.15, 0.2) is 0 Å². The molecular weight excluding hydrogens is 384 g/mol. The van der Waals surface area contributed by atoms with Gasteiger partial charge < -0.3 is 5.11 Å². The zero-order valence-corrected chi connectivity index (χ0v) is 18.2. The Morgan fingerprint density at radius 1 is 1.03 bits per heavy atom. The van der Waals surface area contributed by atoms with Crippen LogP contribution < -0.4 is 0 Å². The molecule has 1 aliphatic rings. The van der Waals surface area contributed by atoms with E-state index in [1.54, 1.807) is 16.4 Å². The summed E-state index contributed by atoms with van der Waals surface area (Å²) in [5.41, 5.74) is 2.11. The van der Waals surface area contributed by atoms with Crippen LogP contribution in [0.1, 0.15) is 37.8 Å². The Bertz CT molecular complexity index is 897. The fourth-order valence-electron chi connectivity index (χ4n) is 3.98. The van der Waals surface area contributed by atoms with Crippen molar-refractivity contribution in [1.82, 2.24) is 9.21 Å². The molecule has 2 aromatic carbocycles. The summed E-state index contributed by atoms with van der Waals surface area (Å²) in [4.78, 5) is 2.49. The highest BCUT2D eigenvalue weighted by atomic mass is 32.2. The summed E-state index contributed by atoms with van der Waals surface area (Å²) in [5.74, 6) is 0. The molecule has 0 aliphatic carbocycles. The Hall–Kier alpha value is -1.73. The van der Waals surface area contributed by atoms with E-state index in [1.165, 1.54) is 5.56 Å². The lowest BCUT2D eigenvalue weighted by Gasteiger charge is -2.37. The second-order valence-corrected chi connectivity index (χ2v) is 10.6. The SMILES string of the molecule is CC1(C)CCCN(S(=O)(=O)c2cccc(CN(CCO)Cc3ccccc3)c2)C1. The maximum Gasteiger partial charge on any atom is 0.243 e. The lowest BCUT2D eigenvalue weighted by molar-refractivity contribution is 0.184. The molecule has 3 rings (SSSR count). The minimum absolute atomic E-state index is 0.0105. The minimum atomic E-state index is -3.50. The highest BCUT2D eigenvalue weighted by Gasteiger charge is 2.34. The van der Waals surface area contributed by atoms with Crippen LogP contribution in [-0.2, 0) is 23.1 Å². The first-order chi connectivity index (χ1) is 13.8. The van der Waals surface area contributed by atoms with Gasteiger partial charge in [-0.2, -0.15) is 4.31 Å². The molecule has 1 heterocycles. The Morgan fingerprint density at radius 2 is 1.72 bits per heavy atom. The maximum absolute atomic E-state index is 13.2. The van der Waals surface area contributed by atoms with Gasteiger partial charge in [0.05, 0.1) is 11.5 Å². The van der Waals surface area contributed by atoms with Crippen molar-refractivity contribution in [2.75, 3.05) is 26.2 Å². The predicted molar refractivity (Wildman–Crippen MR) is 116 cm³/mol. The van der Waals surface area contributed by atoms with Crippen LogP contribution in [0.5, 0.6) is 0 Å². The summed E-state index contributed by atoms with van der Waals surface area (Å²) in [6, 6.07) is 17.3. The molecule has 1 N–H and O–H groups in total. The van der Waals surface area contributed by atoms with Gasteiger partial charge in [-0.1, -0.05) is 56.3 Å². The maximum atomic E-state index is 13.2. The van der Waals surface area contributed by atoms with Gasteiger partial charge in [-0.15, -0.1) is 0 Å². The van der Waals surface area contributed by atoms with Crippen molar-refractivity contribution in [2.45, 2.75) is 44.7 Å². The number of aliphatic hydroxyl groups excluding tert-OH is 1. The van der Waals surface area contributed by atoms with E-state index in [2.05, 4.69) is 30.9 Å². The van der Waals surface area contributed by atoms with Crippen LogP contribution in [0, 0.1) is 5.41 Å². The number of hydrogen-bond donors (Lipinski definition) is 1. The van der Waals surface area contributed by atoms with Gasteiger partial charge in [0, 0.05) is 32.7 Å². The molecule has 29 heavy (non-hydrogen) atoms. The second kappa shape index (κ2) is 9.39. The standard InChI is InChI=1S/C23H32N2O3S/c1-23(2)12-7-13-25(19-23)29(27,28)22-11-6-10-21(16-22)18-24(14-15-26)17-20-8-4-3-5-9-20/h3-6,8-11,16,26H,7,12-15,17-19H2,1-2H3. The molecule has 0 spiro atoms. The third-order valence-electron chi connectivity index (χ3n) is 5.47. The van der Waals surface area contributed by atoms with Crippen LogP contribution in [0.25, 0.3) is 0 Å². The number of aliphatic hydroxyl groups is 1. The third-order valence-corrected chi connectivity index (χ3v) is 7.31. The first kappa shape index (κ1) is 22.0. The fraction of sp³-hybridized carbons (Fsp3) is 0.478. The van der Waals surface area contributed by atoms with Gasteiger partial charge in [-0.25, -0.2) is 8.42 Å². The van der Waals surface area contributed by atoms with Crippen LogP contribution in [0.2, 0.25) is 0 Å². The predicted octanol–water partition coefficient (Wildman–Crippen LogP) is 3.49. The van der Waals surface area contributed by atoms with Crippen molar-refractivity contribution in [1.29, 1.82) is 0 Å². The highest BCUT2D eigenvalue weighted by Crippen LogP contribution is 2.32. The summed E-state index contributed by atoms with van der Waals surface area (Å²) in [7, 11) is -3.50. The van der Waals surface area contributed by atoms with Gasteiger partial charge in [-0.3, -0.25) is 4.90 Å². The number of sulfonamides is 1. The molecule has 6 heteroatoms. The first-order valence-corrected chi connectivity index (χ1v) is 11.7. The Morgan fingerprint density at radius 3 is 2.41 bits per heavy atom. The molecule has 0 radical (unpaired) electrons. The molecular formula is C23H32N2O3S. The van der Waals surface area contributed by atoms with Crippen molar-refractivity contribution in [3.63, 3.8) is 0 Å². The van der Waals surface area contributed by atoms with Crippen LogP contribution in [0.15, 0.2) is 59.5 Å². The molecule has 0 atom stereocenters. The van der Waals surface area contributed by atoms with Crippen LogP contribution in [-0.4, -0.2) is 49.0 Å². The Balaban J connectivity index is 1.77. The van der Waals surface area contributed by atoms with E-state index in [0.717, 1.165) is 18.4 Å². The van der Waals surface area contributed by atoms with Gasteiger partial charge in [0.1, 0.15) is 0 Å². The average molecular weight is 417 g/mol. The molecule has 0 bridgehead atoms. The molecule has 0 aromatic heterocycles. The van der Waals surface area contributed by atoms with Gasteiger partial charge in [0.25, 0.3) is 0 Å². The minimum Gasteiger partial charge on any atom is -0.395 e. The normalized spacial score (nSPS) is 17.5. The number of rotatable bonds is 8. The molecule has 2 aromatic rings. The topological polar surface area (TPSA) is 60.9 Å². The van der Waals surface area contributed by atoms with Crippen LogP contribution >= 0.6 is 0 Å². The van der Waals surface area contributed by atoms with Crippen molar-refractivity contribution >= 4 is 10.0 Å². The van der Waals surface area contributed by atoms with Gasteiger partial charge in [-0.05, 0) is 41.5 Å². The molecule has 0 amide bonds. The van der Waals surface area contributed by atoms with E-state index in [1.807, 2.05) is 30.3 Å². The molecule has 1 fully saturated rings. The number of nitrogens with zero attached hydrogens (tertiary/aromatic N) is 2. The molecule has 1 aliphatic heterocycles. The summed E-state index contributed by atoms with van der Waals surface area (Å²) in [6.45, 7) is 7.29. The number of hydrogen-bond acceptors (Lipinski definition) is 4. The van der Waals surface area contributed by atoms with E-state index in [0.29, 0.717) is 37.6 Å². The number of piperidine rings is 1. The quantitative estimate of drug-likeness (QED) is 0.716. The smallest absolute Gasteiger partial charge is 0.243 e. The van der Waals surface area contributed by atoms with Crippen molar-refractivity contribution in [3.8, 4) is 0 Å². The largest absolute Gasteiger partial charge is 0.395 e. The Labute approximate surface area is 175 Å². The highest BCUT2D eigenvalue weighted by molar-refractivity contribution is 7.89. The lowest BCUT2D eigenvalue weighted by atomic mass is 9.85. The van der Waals surface area contributed by atoms with E-state index >= 15 is 0 Å². The monoisotopic (exact) mass is 416 g/mol. The summed E-state index contributed by atoms with van der Waals surface area (Å²) >= 11 is 0. The van der Waals surface area contributed by atoms with Crippen molar-refractivity contribution in [3.05, 3.63) is 65.7 Å². The van der Waals surface area contributed by atoms with E-state index in [-0.39, 0.29) is 12.0 Å². The zero-order valence-electron chi connectivity index (χ0n) is 17.4. The number of benzene rings is 2. The van der Waals surface area contributed by atoms with E-state index in [9.17, 15) is 13.5 Å². The van der Waals surface area contributed by atoms with Crippen molar-refractivity contribution in [2.24, 2.45) is 5.41 Å². The van der Waals surface area contributed by atoms with Gasteiger partial charge in [0.2, 0.25) is 10.0 Å². The summed E-state index contributed by atoms with van der Waals surface area (Å²) in [6.07, 6.45) is 1.95. The lowest BCUT2D eigenvalue weighted by Crippen LogP contribution is -2.43. The fourth-order valence-corrected chi connectivity index (χ4v) is 5.72. The van der Waals surface area contributed by atoms with E-state index in [4.69, 9.17) is 0 Å². The average Bonchev–Trinajstić information content (AvgIpc) is 2.68.